The average molecular weight is 504 g/mol. The molecule has 0 radical (unpaired) electrons. The maximum Gasteiger partial charge on any atom is 0.433 e. The Kier molecular flexibility index (Phi) is 6.94. The first-order valence-corrected chi connectivity index (χ1v) is 11.6. The van der Waals surface area contributed by atoms with Gasteiger partial charge in [0.05, 0.1) is 12.6 Å². The second kappa shape index (κ2) is 9.81. The minimum atomic E-state index is -4.62. The predicted octanol–water partition coefficient (Wildman–Crippen LogP) is 4.40. The lowest BCUT2D eigenvalue weighted by Gasteiger charge is -2.36. The molecule has 1 saturated carbocycles. The Morgan fingerprint density at radius 2 is 1.97 bits per heavy atom. The lowest BCUT2D eigenvalue weighted by molar-refractivity contribution is -0.140. The number of benzene rings is 1. The first-order chi connectivity index (χ1) is 17.0. The molecule has 1 aliphatic carbocycles. The van der Waals surface area contributed by atoms with Crippen molar-refractivity contribution >= 4 is 16.8 Å². The van der Waals surface area contributed by atoms with Gasteiger partial charge in [-0.15, -0.1) is 0 Å². The number of rotatable bonds is 8. The minimum absolute atomic E-state index is 0.0137. The zero-order chi connectivity index (χ0) is 26.2. The number of pyridine rings is 1. The van der Waals surface area contributed by atoms with Crippen LogP contribution >= 0.6 is 0 Å². The van der Waals surface area contributed by atoms with Crippen LogP contribution in [0.15, 0.2) is 41.0 Å². The van der Waals surface area contributed by atoms with Gasteiger partial charge in [-0.05, 0) is 51.0 Å². The van der Waals surface area contributed by atoms with Gasteiger partial charge in [0.25, 0.3) is 5.91 Å². The molecule has 192 valence electrons. The number of halogens is 3. The summed E-state index contributed by atoms with van der Waals surface area (Å²) in [5, 5.41) is 6.29. The van der Waals surface area contributed by atoms with E-state index in [4.69, 9.17) is 14.9 Å². The summed E-state index contributed by atoms with van der Waals surface area (Å²) in [5.41, 5.74) is 6.10. The summed E-state index contributed by atoms with van der Waals surface area (Å²) < 4.78 is 51.5. The number of alkyl halides is 3. The number of carbonyl (C=O) groups is 1. The van der Waals surface area contributed by atoms with E-state index in [1.165, 1.54) is 12.1 Å². The van der Waals surface area contributed by atoms with E-state index in [1.807, 2.05) is 7.05 Å². The third kappa shape index (κ3) is 5.01. The fourth-order valence-corrected chi connectivity index (χ4v) is 4.15. The highest BCUT2D eigenvalue weighted by molar-refractivity contribution is 5.98. The lowest BCUT2D eigenvalue weighted by atomic mass is 9.78. The van der Waals surface area contributed by atoms with Gasteiger partial charge >= 0.3 is 6.18 Å². The number of fused-ring (bicyclic) bond motifs is 1. The standard InChI is InChI=1S/C25H28F3N5O3/c1-12(2)35-18-7-5-17(16-6-8-20(25(26,27)28)32-21(16)18)24-33-22(19(11-29)36-24)23(34)31-15-9-14(10-15)13(3)30-4/h5-8,12,14-15,30H,3,9-11,29H2,1-2,4H3,(H,31,34). The van der Waals surface area contributed by atoms with E-state index in [1.54, 1.807) is 19.9 Å². The fraction of sp³-hybridized carbons (Fsp3) is 0.400. The fourth-order valence-electron chi connectivity index (χ4n) is 4.15. The summed E-state index contributed by atoms with van der Waals surface area (Å²) in [5.74, 6) is 0.285. The van der Waals surface area contributed by atoms with Crippen molar-refractivity contribution in [1.29, 1.82) is 0 Å². The zero-order valence-corrected chi connectivity index (χ0v) is 20.2. The number of oxazole rings is 1. The molecule has 4 N–H and O–H groups in total. The van der Waals surface area contributed by atoms with Crippen LogP contribution < -0.4 is 21.1 Å². The molecule has 36 heavy (non-hydrogen) atoms. The molecule has 1 amide bonds. The van der Waals surface area contributed by atoms with Crippen molar-refractivity contribution in [2.24, 2.45) is 11.7 Å². The molecule has 1 aliphatic rings. The number of nitrogens with one attached hydrogen (secondary N) is 2. The van der Waals surface area contributed by atoms with E-state index in [0.717, 1.165) is 24.6 Å². The van der Waals surface area contributed by atoms with Crippen molar-refractivity contribution in [2.75, 3.05) is 7.05 Å². The van der Waals surface area contributed by atoms with Gasteiger partial charge < -0.3 is 25.5 Å². The third-order valence-electron chi connectivity index (χ3n) is 6.09. The lowest BCUT2D eigenvalue weighted by Crippen LogP contribution is -2.46. The maximum absolute atomic E-state index is 13.4. The van der Waals surface area contributed by atoms with E-state index in [-0.39, 0.29) is 53.2 Å². The number of carbonyl (C=O) groups excluding carboxylic acids is 1. The highest BCUT2D eigenvalue weighted by Crippen LogP contribution is 2.37. The number of nitrogens with zero attached hydrogens (tertiary/aromatic N) is 2. The first kappa shape index (κ1) is 25.5. The van der Waals surface area contributed by atoms with Gasteiger partial charge in [0.2, 0.25) is 5.89 Å². The van der Waals surface area contributed by atoms with Crippen molar-refractivity contribution in [3.63, 3.8) is 0 Å². The Morgan fingerprint density at radius 3 is 2.58 bits per heavy atom. The molecule has 0 bridgehead atoms. The zero-order valence-electron chi connectivity index (χ0n) is 20.2. The molecule has 3 aromatic rings. The number of aromatic nitrogens is 2. The number of ether oxygens (including phenoxy) is 1. The predicted molar refractivity (Wildman–Crippen MR) is 128 cm³/mol. The largest absolute Gasteiger partial charge is 0.489 e. The Hall–Kier alpha value is -3.60. The molecule has 1 aromatic carbocycles. The van der Waals surface area contributed by atoms with Gasteiger partial charge in [0, 0.05) is 35.7 Å². The second-order valence-corrected chi connectivity index (χ2v) is 8.98. The van der Waals surface area contributed by atoms with Crippen LogP contribution in [0.25, 0.3) is 22.4 Å². The molecule has 11 heteroatoms. The van der Waals surface area contributed by atoms with Crippen LogP contribution in [0.1, 0.15) is 48.6 Å². The smallest absolute Gasteiger partial charge is 0.433 e. The minimum Gasteiger partial charge on any atom is -0.489 e. The van der Waals surface area contributed by atoms with Crippen molar-refractivity contribution in [2.45, 2.75) is 51.6 Å². The van der Waals surface area contributed by atoms with Crippen LogP contribution in [-0.4, -0.2) is 35.1 Å². The number of amides is 1. The van der Waals surface area contributed by atoms with Crippen LogP contribution in [0.2, 0.25) is 0 Å². The first-order valence-electron chi connectivity index (χ1n) is 11.6. The number of hydrogen-bond acceptors (Lipinski definition) is 7. The molecule has 0 atom stereocenters. The molecule has 0 spiro atoms. The molecule has 2 aromatic heterocycles. The highest BCUT2D eigenvalue weighted by atomic mass is 19.4. The number of allylic oxidation sites excluding steroid dienone is 1. The number of nitrogens with two attached hydrogens (primary N) is 1. The Morgan fingerprint density at radius 1 is 1.25 bits per heavy atom. The van der Waals surface area contributed by atoms with Gasteiger partial charge in [0.1, 0.15) is 17.0 Å². The van der Waals surface area contributed by atoms with E-state index in [2.05, 4.69) is 27.2 Å². The Balaban J connectivity index is 1.68. The third-order valence-corrected chi connectivity index (χ3v) is 6.09. The SMILES string of the molecule is C=C(NC)C1CC(NC(=O)c2nc(-c3ccc(OC(C)C)c4nc(C(F)(F)F)ccc34)oc2CN)C1. The maximum atomic E-state index is 13.4. The van der Waals surface area contributed by atoms with Crippen molar-refractivity contribution in [3.05, 3.63) is 53.7 Å². The van der Waals surface area contributed by atoms with E-state index in [0.29, 0.717) is 10.9 Å². The molecule has 1 fully saturated rings. The van der Waals surface area contributed by atoms with Gasteiger partial charge in [0.15, 0.2) is 11.5 Å². The van der Waals surface area contributed by atoms with E-state index < -0.39 is 17.8 Å². The van der Waals surface area contributed by atoms with Gasteiger partial charge in [-0.3, -0.25) is 4.79 Å². The normalized spacial score (nSPS) is 17.7. The van der Waals surface area contributed by atoms with E-state index >= 15 is 0 Å². The Bertz CT molecular complexity index is 1300. The molecule has 4 rings (SSSR count). The van der Waals surface area contributed by atoms with E-state index in [9.17, 15) is 18.0 Å². The summed E-state index contributed by atoms with van der Waals surface area (Å²) in [6, 6.07) is 5.28. The molecule has 8 nitrogen and oxygen atoms in total. The Labute approximate surface area is 206 Å². The summed E-state index contributed by atoms with van der Waals surface area (Å²) in [7, 11) is 1.81. The quantitative estimate of drug-likeness (QED) is 0.417. The van der Waals surface area contributed by atoms with Gasteiger partial charge in [-0.25, -0.2) is 9.97 Å². The monoisotopic (exact) mass is 503 g/mol. The van der Waals surface area contributed by atoms with Crippen molar-refractivity contribution in [1.82, 2.24) is 20.6 Å². The summed E-state index contributed by atoms with van der Waals surface area (Å²) in [4.78, 5) is 21.1. The van der Waals surface area contributed by atoms with Crippen LogP contribution in [0.5, 0.6) is 5.75 Å². The topological polar surface area (TPSA) is 115 Å². The molecule has 2 heterocycles. The summed E-state index contributed by atoms with van der Waals surface area (Å²) in [6.07, 6.45) is -3.40. The molecular formula is C25H28F3N5O3. The summed E-state index contributed by atoms with van der Waals surface area (Å²) in [6.45, 7) is 7.40. The van der Waals surface area contributed by atoms with Crippen LogP contribution in [0.3, 0.4) is 0 Å². The van der Waals surface area contributed by atoms with Gasteiger partial charge in [-0.1, -0.05) is 6.58 Å². The van der Waals surface area contributed by atoms with Crippen LogP contribution in [0, 0.1) is 5.92 Å². The molecule has 0 saturated heterocycles. The average Bonchev–Trinajstić information content (AvgIpc) is 3.24. The number of hydrogen-bond donors (Lipinski definition) is 3. The summed E-state index contributed by atoms with van der Waals surface area (Å²) >= 11 is 0. The van der Waals surface area contributed by atoms with Crippen LogP contribution in [0.4, 0.5) is 13.2 Å². The molecule has 0 unspecified atom stereocenters. The van der Waals surface area contributed by atoms with Crippen molar-refractivity contribution < 1.29 is 27.1 Å². The molecular weight excluding hydrogens is 475 g/mol. The van der Waals surface area contributed by atoms with Crippen LogP contribution in [-0.2, 0) is 12.7 Å². The highest BCUT2D eigenvalue weighted by Gasteiger charge is 2.34. The molecule has 0 aliphatic heterocycles. The van der Waals surface area contributed by atoms with Gasteiger partial charge in [-0.2, -0.15) is 13.2 Å². The second-order valence-electron chi connectivity index (χ2n) is 8.98. The van der Waals surface area contributed by atoms with Crippen molar-refractivity contribution in [3.8, 4) is 17.2 Å².